The Morgan fingerprint density at radius 1 is 1.08 bits per heavy atom. The zero-order valence-corrected chi connectivity index (χ0v) is 15.0. The summed E-state index contributed by atoms with van der Waals surface area (Å²) in [6.07, 6.45) is 0.384. The van der Waals surface area contributed by atoms with E-state index in [4.69, 9.17) is 16.0 Å². The van der Waals surface area contributed by atoms with E-state index < -0.39 is 16.1 Å². The van der Waals surface area contributed by atoms with E-state index in [0.29, 0.717) is 17.3 Å². The monoisotopic (exact) mass is 377 g/mol. The van der Waals surface area contributed by atoms with Crippen LogP contribution in [0.15, 0.2) is 63.9 Å². The number of nitrogens with zero attached hydrogens (tertiary/aromatic N) is 2. The van der Waals surface area contributed by atoms with Gasteiger partial charge in [0.25, 0.3) is 0 Å². The van der Waals surface area contributed by atoms with Crippen molar-refractivity contribution >= 4 is 21.6 Å². The number of sulfonamides is 1. The molecule has 0 saturated heterocycles. The first-order valence-corrected chi connectivity index (χ1v) is 9.42. The van der Waals surface area contributed by atoms with E-state index in [0.717, 1.165) is 5.56 Å². The van der Waals surface area contributed by atoms with Crippen LogP contribution in [-0.2, 0) is 16.4 Å². The fraction of sp³-hybridized carbons (Fsp3) is 0.176. The topological polar surface area (TPSA) is 85.1 Å². The van der Waals surface area contributed by atoms with Crippen LogP contribution in [0.1, 0.15) is 23.4 Å². The van der Waals surface area contributed by atoms with Gasteiger partial charge in [-0.1, -0.05) is 41.9 Å². The Morgan fingerprint density at radius 3 is 2.36 bits per heavy atom. The summed E-state index contributed by atoms with van der Waals surface area (Å²) in [5.41, 5.74) is 0.946. The van der Waals surface area contributed by atoms with Crippen LogP contribution in [0.25, 0.3) is 0 Å². The molecule has 1 aromatic heterocycles. The standard InChI is InChI=1S/C17H16ClN3O3S/c1-12-19-20-17(24-12)16(11-13-5-3-2-4-6-13)21-25(22,23)15-9-7-14(18)8-10-15/h2-10,16,21H,11H2,1H3. The van der Waals surface area contributed by atoms with Crippen LogP contribution in [0, 0.1) is 6.92 Å². The lowest BCUT2D eigenvalue weighted by molar-refractivity contribution is 0.411. The normalized spacial score (nSPS) is 12.9. The van der Waals surface area contributed by atoms with Crippen LogP contribution in [0.5, 0.6) is 0 Å². The number of nitrogens with one attached hydrogen (secondary N) is 1. The van der Waals surface area contributed by atoms with E-state index in [1.54, 1.807) is 6.92 Å². The molecule has 0 aliphatic heterocycles. The maximum atomic E-state index is 12.7. The van der Waals surface area contributed by atoms with Gasteiger partial charge >= 0.3 is 0 Å². The molecule has 1 N–H and O–H groups in total. The second-order valence-corrected chi connectivity index (χ2v) is 7.63. The van der Waals surface area contributed by atoms with Crippen LogP contribution < -0.4 is 4.72 Å². The summed E-state index contributed by atoms with van der Waals surface area (Å²) < 4.78 is 33.4. The van der Waals surface area contributed by atoms with E-state index in [9.17, 15) is 8.42 Å². The van der Waals surface area contributed by atoms with Crippen LogP contribution in [-0.4, -0.2) is 18.6 Å². The highest BCUT2D eigenvalue weighted by atomic mass is 35.5. The Kier molecular flexibility index (Phi) is 5.17. The highest BCUT2D eigenvalue weighted by molar-refractivity contribution is 7.89. The van der Waals surface area contributed by atoms with Crippen LogP contribution in [0.4, 0.5) is 0 Å². The summed E-state index contributed by atoms with van der Waals surface area (Å²) in [7, 11) is -3.77. The van der Waals surface area contributed by atoms with Gasteiger partial charge < -0.3 is 4.42 Å². The molecule has 3 rings (SSSR count). The summed E-state index contributed by atoms with van der Waals surface area (Å²) in [6.45, 7) is 1.66. The van der Waals surface area contributed by atoms with Crippen molar-refractivity contribution in [3.8, 4) is 0 Å². The van der Waals surface area contributed by atoms with Crippen molar-refractivity contribution < 1.29 is 12.8 Å². The lowest BCUT2D eigenvalue weighted by atomic mass is 10.1. The molecule has 1 atom stereocenters. The molecule has 0 radical (unpaired) electrons. The molecular formula is C17H16ClN3O3S. The third-order valence-corrected chi connectivity index (χ3v) is 5.28. The van der Waals surface area contributed by atoms with Gasteiger partial charge in [-0.3, -0.25) is 0 Å². The smallest absolute Gasteiger partial charge is 0.241 e. The van der Waals surface area contributed by atoms with E-state index in [1.807, 2.05) is 30.3 Å². The highest BCUT2D eigenvalue weighted by Gasteiger charge is 2.25. The molecule has 0 bridgehead atoms. The maximum absolute atomic E-state index is 12.7. The average Bonchev–Trinajstić information content (AvgIpc) is 3.02. The fourth-order valence-corrected chi connectivity index (χ4v) is 3.67. The first-order chi connectivity index (χ1) is 11.9. The largest absolute Gasteiger partial charge is 0.424 e. The van der Waals surface area contributed by atoms with Gasteiger partial charge in [-0.25, -0.2) is 8.42 Å². The molecule has 6 nitrogen and oxygen atoms in total. The first kappa shape index (κ1) is 17.6. The van der Waals surface area contributed by atoms with E-state index in [2.05, 4.69) is 14.9 Å². The number of hydrogen-bond donors (Lipinski definition) is 1. The van der Waals surface area contributed by atoms with Crippen molar-refractivity contribution in [2.45, 2.75) is 24.3 Å². The molecule has 2 aromatic carbocycles. The predicted octanol–water partition coefficient (Wildman–Crippen LogP) is 3.29. The van der Waals surface area contributed by atoms with Crippen molar-refractivity contribution in [2.75, 3.05) is 0 Å². The van der Waals surface area contributed by atoms with Gasteiger partial charge in [0.15, 0.2) is 0 Å². The van der Waals surface area contributed by atoms with Gasteiger partial charge in [0.1, 0.15) is 6.04 Å². The van der Waals surface area contributed by atoms with Gasteiger partial charge in [-0.05, 0) is 36.2 Å². The lowest BCUT2D eigenvalue weighted by Gasteiger charge is -2.16. The van der Waals surface area contributed by atoms with Gasteiger partial charge in [0, 0.05) is 11.9 Å². The van der Waals surface area contributed by atoms with Gasteiger partial charge in [0.05, 0.1) is 4.90 Å². The number of aromatic nitrogens is 2. The molecule has 0 spiro atoms. The summed E-state index contributed by atoms with van der Waals surface area (Å²) in [6, 6.07) is 14.8. The predicted molar refractivity (Wildman–Crippen MR) is 93.7 cm³/mol. The van der Waals surface area contributed by atoms with Crippen molar-refractivity contribution in [3.05, 3.63) is 77.0 Å². The third kappa shape index (κ3) is 4.45. The molecule has 3 aromatic rings. The lowest BCUT2D eigenvalue weighted by Crippen LogP contribution is -2.30. The molecule has 8 heteroatoms. The van der Waals surface area contributed by atoms with Crippen molar-refractivity contribution in [2.24, 2.45) is 0 Å². The molecule has 0 amide bonds. The Bertz CT molecular complexity index is 941. The maximum Gasteiger partial charge on any atom is 0.241 e. The Hall–Kier alpha value is -2.22. The summed E-state index contributed by atoms with van der Waals surface area (Å²) >= 11 is 5.82. The number of benzene rings is 2. The highest BCUT2D eigenvalue weighted by Crippen LogP contribution is 2.21. The Morgan fingerprint density at radius 2 is 1.76 bits per heavy atom. The fourth-order valence-electron chi connectivity index (χ4n) is 2.35. The molecule has 0 aliphatic rings. The molecule has 25 heavy (non-hydrogen) atoms. The summed E-state index contributed by atoms with van der Waals surface area (Å²) in [5, 5.41) is 8.23. The molecule has 1 unspecified atom stereocenters. The number of rotatable bonds is 6. The van der Waals surface area contributed by atoms with Gasteiger partial charge in [0.2, 0.25) is 21.8 Å². The molecule has 0 fully saturated rings. The second-order valence-electron chi connectivity index (χ2n) is 5.48. The minimum absolute atomic E-state index is 0.117. The summed E-state index contributed by atoms with van der Waals surface area (Å²) in [5.74, 6) is 0.595. The zero-order valence-electron chi connectivity index (χ0n) is 13.4. The quantitative estimate of drug-likeness (QED) is 0.712. The van der Waals surface area contributed by atoms with Gasteiger partial charge in [-0.2, -0.15) is 4.72 Å². The van der Waals surface area contributed by atoms with Crippen molar-refractivity contribution in [1.29, 1.82) is 0 Å². The SMILES string of the molecule is Cc1nnc(C(Cc2ccccc2)NS(=O)(=O)c2ccc(Cl)cc2)o1. The Labute approximate surface area is 150 Å². The van der Waals surface area contributed by atoms with Gasteiger partial charge in [-0.15, -0.1) is 10.2 Å². The molecule has 0 saturated carbocycles. The van der Waals surface area contributed by atoms with Crippen LogP contribution in [0.3, 0.4) is 0 Å². The van der Waals surface area contributed by atoms with Crippen molar-refractivity contribution in [3.63, 3.8) is 0 Å². The van der Waals surface area contributed by atoms with Crippen LogP contribution >= 0.6 is 11.6 Å². The van der Waals surface area contributed by atoms with E-state index in [-0.39, 0.29) is 10.8 Å². The summed E-state index contributed by atoms with van der Waals surface area (Å²) in [4.78, 5) is 0.117. The number of aryl methyl sites for hydroxylation is 1. The number of halogens is 1. The van der Waals surface area contributed by atoms with E-state index >= 15 is 0 Å². The van der Waals surface area contributed by atoms with Crippen molar-refractivity contribution in [1.82, 2.24) is 14.9 Å². The molecular weight excluding hydrogens is 362 g/mol. The third-order valence-electron chi connectivity index (χ3n) is 3.54. The molecule has 1 heterocycles. The zero-order chi connectivity index (χ0) is 17.9. The molecule has 130 valence electrons. The Balaban J connectivity index is 1.90. The first-order valence-electron chi connectivity index (χ1n) is 7.56. The number of hydrogen-bond acceptors (Lipinski definition) is 5. The van der Waals surface area contributed by atoms with E-state index in [1.165, 1.54) is 24.3 Å². The minimum atomic E-state index is -3.77. The molecule has 0 aliphatic carbocycles. The second kappa shape index (κ2) is 7.35. The minimum Gasteiger partial charge on any atom is -0.424 e. The average molecular weight is 378 g/mol. The van der Waals surface area contributed by atoms with Crippen LogP contribution in [0.2, 0.25) is 5.02 Å².